The predicted octanol–water partition coefficient (Wildman–Crippen LogP) is 6.20. The summed E-state index contributed by atoms with van der Waals surface area (Å²) < 4.78 is 25.9. The maximum absolute atomic E-state index is 14.3. The molecule has 0 saturated carbocycles. The molecule has 0 unspecified atom stereocenters. The Morgan fingerprint density at radius 1 is 1.06 bits per heavy atom. The fraction of sp³-hybridized carbons (Fsp3) is 0.607. The van der Waals surface area contributed by atoms with Crippen molar-refractivity contribution in [2.75, 3.05) is 19.5 Å². The first kappa shape index (κ1) is 28.2. The van der Waals surface area contributed by atoms with Gasteiger partial charge in [-0.05, 0) is 75.1 Å². The summed E-state index contributed by atoms with van der Waals surface area (Å²) in [4.78, 5) is 12.7. The third kappa shape index (κ3) is 8.03. The van der Waals surface area contributed by atoms with Crippen LogP contribution >= 0.6 is 0 Å². The summed E-state index contributed by atoms with van der Waals surface area (Å²) in [5, 5.41) is 13.7. The number of halogens is 1. The average molecular weight is 476 g/mol. The van der Waals surface area contributed by atoms with E-state index in [4.69, 9.17) is 9.47 Å². The summed E-state index contributed by atoms with van der Waals surface area (Å²) in [5.74, 6) is -0.415. The summed E-state index contributed by atoms with van der Waals surface area (Å²) >= 11 is 0. The van der Waals surface area contributed by atoms with Gasteiger partial charge in [-0.3, -0.25) is 4.79 Å². The Morgan fingerprint density at radius 2 is 1.76 bits per heavy atom. The van der Waals surface area contributed by atoms with Gasteiger partial charge in [-0.1, -0.05) is 38.5 Å². The van der Waals surface area contributed by atoms with Crippen molar-refractivity contribution in [3.05, 3.63) is 52.9 Å². The van der Waals surface area contributed by atoms with Crippen molar-refractivity contribution >= 4 is 11.6 Å². The highest BCUT2D eigenvalue weighted by molar-refractivity contribution is 6.03. The van der Waals surface area contributed by atoms with Crippen LogP contribution in [0.4, 0.5) is 10.1 Å². The lowest BCUT2D eigenvalue weighted by molar-refractivity contribution is -0.112. The first-order chi connectivity index (χ1) is 16.0. The number of benzene rings is 1. The van der Waals surface area contributed by atoms with Gasteiger partial charge < -0.3 is 19.9 Å². The van der Waals surface area contributed by atoms with Gasteiger partial charge in [0.1, 0.15) is 5.82 Å². The molecule has 0 saturated heterocycles. The molecular weight excluding hydrogens is 433 g/mol. The minimum atomic E-state index is -0.877. The van der Waals surface area contributed by atoms with Gasteiger partial charge in [0.25, 0.3) is 5.91 Å². The normalized spacial score (nSPS) is 33.4. The van der Waals surface area contributed by atoms with Crippen LogP contribution in [0.1, 0.15) is 72.0 Å². The van der Waals surface area contributed by atoms with E-state index in [2.05, 4.69) is 32.2 Å². The minimum absolute atomic E-state index is 0.0387. The third-order valence-electron chi connectivity index (χ3n) is 7.05. The summed E-state index contributed by atoms with van der Waals surface area (Å²) in [7, 11) is 3.42. The quantitative estimate of drug-likeness (QED) is 0.500. The molecule has 190 valence electrons. The number of aliphatic hydroxyl groups is 1. The lowest BCUT2D eigenvalue weighted by Crippen LogP contribution is -2.23. The molecule has 1 amide bonds. The van der Waals surface area contributed by atoms with Crippen molar-refractivity contribution in [3.8, 4) is 0 Å². The van der Waals surface area contributed by atoms with Crippen LogP contribution < -0.4 is 5.32 Å². The van der Waals surface area contributed by atoms with Gasteiger partial charge in [-0.15, -0.1) is 0 Å². The third-order valence-corrected chi connectivity index (χ3v) is 7.05. The van der Waals surface area contributed by atoms with E-state index in [1.165, 1.54) is 17.7 Å². The van der Waals surface area contributed by atoms with Crippen LogP contribution in [0, 0.1) is 23.6 Å². The van der Waals surface area contributed by atoms with Crippen LogP contribution in [-0.2, 0) is 14.3 Å². The summed E-state index contributed by atoms with van der Waals surface area (Å²) in [6.07, 6.45) is 6.23. The van der Waals surface area contributed by atoms with Crippen LogP contribution in [0.5, 0.6) is 0 Å². The Labute approximate surface area is 204 Å². The van der Waals surface area contributed by atoms with Crippen LogP contribution in [0.3, 0.4) is 0 Å². The number of carbonyl (C=O) groups is 1. The number of allylic oxidation sites excluding steroid dienone is 2. The molecule has 6 heteroatoms. The predicted molar refractivity (Wildman–Crippen MR) is 135 cm³/mol. The molecule has 0 spiro atoms. The molecule has 0 fully saturated rings. The number of ether oxygens (including phenoxy) is 2. The Hall–Kier alpha value is -2.02. The second-order valence-corrected chi connectivity index (χ2v) is 9.89. The average Bonchev–Trinajstić information content (AvgIpc) is 2.79. The van der Waals surface area contributed by atoms with Crippen LogP contribution in [0.15, 0.2) is 41.5 Å². The molecule has 2 bridgehead atoms. The zero-order valence-corrected chi connectivity index (χ0v) is 21.7. The molecule has 5 nitrogen and oxygen atoms in total. The highest BCUT2D eigenvalue weighted by atomic mass is 19.1. The standard InChI is InChI=1S/C28H42FNO4/c1-17-11-19(3)21(5)26(34-7)10-8-9-18(2)28(32)30-24-15-22(14-23(29)16-24)27(31)20(4)13-25(12-17)33-6/h9,11,14-17,20-21,25-27,31H,8,10,12-13H2,1-7H3,(H,30,32)/b18-9+,19-11+/t17-,20-,21-,25+,26-,27+/m0/s1. The largest absolute Gasteiger partial charge is 0.388 e. The molecule has 1 aromatic carbocycles. The molecule has 1 heterocycles. The second kappa shape index (κ2) is 13.2. The Kier molecular flexibility index (Phi) is 10.9. The molecule has 1 aromatic rings. The number of rotatable bonds is 2. The number of nitrogens with one attached hydrogen (secondary N) is 1. The summed E-state index contributed by atoms with van der Waals surface area (Å²) in [5.41, 5.74) is 2.60. The smallest absolute Gasteiger partial charge is 0.250 e. The topological polar surface area (TPSA) is 67.8 Å². The van der Waals surface area contributed by atoms with E-state index in [1.54, 1.807) is 27.2 Å². The number of methoxy groups -OCH3 is 2. The molecule has 1 aliphatic heterocycles. The molecule has 34 heavy (non-hydrogen) atoms. The van der Waals surface area contributed by atoms with Gasteiger partial charge in [-0.25, -0.2) is 4.39 Å². The van der Waals surface area contributed by atoms with Crippen molar-refractivity contribution in [2.24, 2.45) is 17.8 Å². The van der Waals surface area contributed by atoms with E-state index < -0.39 is 11.9 Å². The lowest BCUT2D eigenvalue weighted by Gasteiger charge is -2.27. The molecular formula is C28H42FNO4. The van der Waals surface area contributed by atoms with Gasteiger partial charge >= 0.3 is 0 Å². The van der Waals surface area contributed by atoms with Crippen LogP contribution in [0.2, 0.25) is 0 Å². The second-order valence-electron chi connectivity index (χ2n) is 9.89. The van der Waals surface area contributed by atoms with Crippen molar-refractivity contribution in [2.45, 2.75) is 78.6 Å². The van der Waals surface area contributed by atoms with Gasteiger partial charge in [-0.2, -0.15) is 0 Å². The number of hydrogen-bond donors (Lipinski definition) is 2. The zero-order valence-electron chi connectivity index (χ0n) is 21.7. The number of fused-ring (bicyclic) bond motifs is 2. The first-order valence-electron chi connectivity index (χ1n) is 12.3. The fourth-order valence-electron chi connectivity index (χ4n) is 4.75. The molecule has 0 aromatic heterocycles. The van der Waals surface area contributed by atoms with Crippen molar-refractivity contribution in [1.29, 1.82) is 0 Å². The minimum Gasteiger partial charge on any atom is -0.388 e. The molecule has 0 radical (unpaired) electrons. The van der Waals surface area contributed by atoms with Crippen molar-refractivity contribution in [3.63, 3.8) is 0 Å². The molecule has 2 rings (SSSR count). The molecule has 1 aliphatic rings. The molecule has 6 atom stereocenters. The fourth-order valence-corrected chi connectivity index (χ4v) is 4.75. The van der Waals surface area contributed by atoms with Gasteiger partial charge in [0, 0.05) is 31.4 Å². The number of carbonyl (C=O) groups excluding carboxylic acids is 1. The van der Waals surface area contributed by atoms with E-state index in [-0.39, 0.29) is 30.0 Å². The first-order valence-corrected chi connectivity index (χ1v) is 12.3. The van der Waals surface area contributed by atoms with Crippen LogP contribution in [-0.4, -0.2) is 37.4 Å². The van der Waals surface area contributed by atoms with Crippen molar-refractivity contribution < 1.29 is 23.8 Å². The Balaban J connectivity index is 2.40. The highest BCUT2D eigenvalue weighted by Gasteiger charge is 2.24. The van der Waals surface area contributed by atoms with E-state index >= 15 is 0 Å². The van der Waals surface area contributed by atoms with Crippen molar-refractivity contribution in [1.82, 2.24) is 0 Å². The number of hydrogen-bond acceptors (Lipinski definition) is 4. The molecule has 0 aliphatic carbocycles. The summed E-state index contributed by atoms with van der Waals surface area (Å²) in [6.45, 7) is 10.2. The van der Waals surface area contributed by atoms with Crippen LogP contribution in [0.25, 0.3) is 0 Å². The zero-order chi connectivity index (χ0) is 25.4. The van der Waals surface area contributed by atoms with Gasteiger partial charge in [0.05, 0.1) is 18.3 Å². The van der Waals surface area contributed by atoms with E-state index in [1.807, 2.05) is 13.0 Å². The number of anilines is 1. The lowest BCUT2D eigenvalue weighted by atomic mass is 9.87. The summed E-state index contributed by atoms with van der Waals surface area (Å²) in [6, 6.07) is 4.23. The number of aliphatic hydroxyl groups excluding tert-OH is 1. The Bertz CT molecular complexity index is 881. The van der Waals surface area contributed by atoms with E-state index in [9.17, 15) is 14.3 Å². The monoisotopic (exact) mass is 475 g/mol. The van der Waals surface area contributed by atoms with Gasteiger partial charge in [0.2, 0.25) is 0 Å². The maximum Gasteiger partial charge on any atom is 0.250 e. The number of amides is 1. The highest BCUT2D eigenvalue weighted by Crippen LogP contribution is 2.31. The molecule has 2 N–H and O–H groups in total. The maximum atomic E-state index is 14.3. The Morgan fingerprint density at radius 3 is 2.41 bits per heavy atom. The van der Waals surface area contributed by atoms with E-state index in [0.717, 1.165) is 12.8 Å². The SMILES string of the molecule is CO[C@@H]1C[C@@H](C)/C=C(\C)[C@H](C)[C@@H](OC)CC/C=C(\C)C(=O)Nc2cc(F)cc(c2)[C@H](O)[C@@H](C)C1. The van der Waals surface area contributed by atoms with E-state index in [0.29, 0.717) is 35.6 Å². The van der Waals surface area contributed by atoms with Gasteiger partial charge in [0.15, 0.2) is 0 Å².